The molecule has 1 aromatic heterocycles. The molecule has 0 fully saturated rings. The van der Waals surface area contributed by atoms with E-state index in [1.807, 2.05) is 0 Å². The third-order valence-corrected chi connectivity index (χ3v) is 2.96. The molecule has 0 atom stereocenters. The number of carboxylic acids is 1. The van der Waals surface area contributed by atoms with Crippen molar-refractivity contribution in [2.24, 2.45) is 0 Å². The van der Waals surface area contributed by atoms with E-state index in [1.165, 1.54) is 23.0 Å². The Morgan fingerprint density at radius 1 is 1.26 bits per heavy atom. The SMILES string of the molecule is CC(C)(C)n1ncc(Oc2cccc(C(F)(F)F)c2)c1C(=O)O. The largest absolute Gasteiger partial charge is 0.476 e. The lowest BCUT2D eigenvalue weighted by Crippen LogP contribution is -2.27. The lowest BCUT2D eigenvalue weighted by atomic mass is 10.1. The number of aromatic carboxylic acids is 1. The van der Waals surface area contributed by atoms with Gasteiger partial charge in [-0.15, -0.1) is 0 Å². The van der Waals surface area contributed by atoms with E-state index in [-0.39, 0.29) is 17.2 Å². The molecule has 1 aromatic carbocycles. The summed E-state index contributed by atoms with van der Waals surface area (Å²) in [5.74, 6) is -1.51. The Morgan fingerprint density at radius 3 is 2.43 bits per heavy atom. The number of carbonyl (C=O) groups is 1. The summed E-state index contributed by atoms with van der Waals surface area (Å²) >= 11 is 0. The first-order chi connectivity index (χ1) is 10.5. The Morgan fingerprint density at radius 2 is 1.91 bits per heavy atom. The molecule has 0 aliphatic heterocycles. The Kier molecular flexibility index (Phi) is 4.10. The predicted octanol–water partition coefficient (Wildman–Crippen LogP) is 4.15. The molecule has 0 amide bonds. The zero-order valence-corrected chi connectivity index (χ0v) is 12.7. The molecule has 0 saturated carbocycles. The van der Waals surface area contributed by atoms with Gasteiger partial charge in [0.1, 0.15) is 5.75 Å². The second-order valence-electron chi connectivity index (χ2n) is 5.87. The average molecular weight is 328 g/mol. The Balaban J connectivity index is 2.42. The van der Waals surface area contributed by atoms with E-state index in [0.29, 0.717) is 0 Å². The first kappa shape index (κ1) is 16.9. The number of carboxylic acid groups (broad SMARTS) is 1. The van der Waals surface area contributed by atoms with Gasteiger partial charge in [-0.1, -0.05) is 6.07 Å². The van der Waals surface area contributed by atoms with Gasteiger partial charge < -0.3 is 9.84 Å². The quantitative estimate of drug-likeness (QED) is 0.919. The molecular weight excluding hydrogens is 313 g/mol. The molecule has 2 rings (SSSR count). The Labute approximate surface area is 130 Å². The highest BCUT2D eigenvalue weighted by Crippen LogP contribution is 2.34. The molecule has 8 heteroatoms. The van der Waals surface area contributed by atoms with Crippen LogP contribution in [0.15, 0.2) is 30.5 Å². The first-order valence-electron chi connectivity index (χ1n) is 6.67. The maximum Gasteiger partial charge on any atom is 0.416 e. The summed E-state index contributed by atoms with van der Waals surface area (Å²) in [6.45, 7) is 5.25. The minimum atomic E-state index is -4.51. The van der Waals surface area contributed by atoms with Crippen LogP contribution >= 0.6 is 0 Å². The minimum absolute atomic E-state index is 0.115. The van der Waals surface area contributed by atoms with Crippen LogP contribution in [0.25, 0.3) is 0 Å². The van der Waals surface area contributed by atoms with E-state index in [9.17, 15) is 23.1 Å². The summed E-state index contributed by atoms with van der Waals surface area (Å²) < 4.78 is 44.7. The van der Waals surface area contributed by atoms with Gasteiger partial charge in [-0.05, 0) is 39.0 Å². The molecule has 23 heavy (non-hydrogen) atoms. The number of benzene rings is 1. The highest BCUT2D eigenvalue weighted by molar-refractivity contribution is 5.89. The van der Waals surface area contributed by atoms with E-state index in [0.717, 1.165) is 12.1 Å². The number of alkyl halides is 3. The zero-order valence-electron chi connectivity index (χ0n) is 12.7. The highest BCUT2D eigenvalue weighted by atomic mass is 19.4. The fraction of sp³-hybridized carbons (Fsp3) is 0.333. The minimum Gasteiger partial charge on any atom is -0.476 e. The zero-order chi connectivity index (χ0) is 17.4. The Bertz CT molecular complexity index is 730. The lowest BCUT2D eigenvalue weighted by Gasteiger charge is -2.21. The van der Waals surface area contributed by atoms with E-state index in [1.54, 1.807) is 20.8 Å². The fourth-order valence-electron chi connectivity index (χ4n) is 1.98. The van der Waals surface area contributed by atoms with Crippen molar-refractivity contribution in [3.8, 4) is 11.5 Å². The Hall–Kier alpha value is -2.51. The molecule has 2 aromatic rings. The van der Waals surface area contributed by atoms with Crippen molar-refractivity contribution in [2.75, 3.05) is 0 Å². The molecule has 0 unspecified atom stereocenters. The van der Waals surface area contributed by atoms with E-state index in [4.69, 9.17) is 4.74 Å². The standard InChI is InChI=1S/C15H15F3N2O3/c1-14(2,3)20-12(13(21)22)11(8-19-20)23-10-6-4-5-9(7-10)15(16,17)18/h4-8H,1-3H3,(H,21,22). The van der Waals surface area contributed by atoms with Crippen LogP contribution in [0.5, 0.6) is 11.5 Å². The van der Waals surface area contributed by atoms with Crippen molar-refractivity contribution >= 4 is 5.97 Å². The number of nitrogens with zero attached hydrogens (tertiary/aromatic N) is 2. The first-order valence-corrected chi connectivity index (χ1v) is 6.67. The van der Waals surface area contributed by atoms with Crippen LogP contribution in [0.1, 0.15) is 36.8 Å². The van der Waals surface area contributed by atoms with Crippen LogP contribution in [-0.2, 0) is 11.7 Å². The molecule has 0 aliphatic carbocycles. The number of ether oxygens (including phenoxy) is 1. The molecule has 1 heterocycles. The van der Waals surface area contributed by atoms with Crippen LogP contribution in [-0.4, -0.2) is 20.9 Å². The van der Waals surface area contributed by atoms with Gasteiger partial charge >= 0.3 is 12.1 Å². The van der Waals surface area contributed by atoms with Crippen LogP contribution in [0, 0.1) is 0 Å². The molecule has 0 radical (unpaired) electrons. The molecule has 0 spiro atoms. The summed E-state index contributed by atoms with van der Waals surface area (Å²) in [5, 5.41) is 13.3. The van der Waals surface area contributed by atoms with E-state index < -0.39 is 23.2 Å². The summed E-state index contributed by atoms with van der Waals surface area (Å²) in [6.07, 6.45) is -3.33. The van der Waals surface area contributed by atoms with Crippen LogP contribution in [0.3, 0.4) is 0 Å². The summed E-state index contributed by atoms with van der Waals surface area (Å²) in [5.41, 5.74) is -1.73. The van der Waals surface area contributed by atoms with Gasteiger partial charge in [0.2, 0.25) is 0 Å². The third-order valence-electron chi connectivity index (χ3n) is 2.96. The average Bonchev–Trinajstić information content (AvgIpc) is 2.82. The smallest absolute Gasteiger partial charge is 0.416 e. The van der Waals surface area contributed by atoms with E-state index >= 15 is 0 Å². The summed E-state index contributed by atoms with van der Waals surface area (Å²) in [6, 6.07) is 4.21. The normalized spacial score (nSPS) is 12.3. The van der Waals surface area contributed by atoms with Gasteiger partial charge in [0, 0.05) is 0 Å². The summed E-state index contributed by atoms with van der Waals surface area (Å²) in [4.78, 5) is 11.4. The lowest BCUT2D eigenvalue weighted by molar-refractivity contribution is -0.137. The van der Waals surface area contributed by atoms with Crippen molar-refractivity contribution in [3.05, 3.63) is 41.7 Å². The maximum absolute atomic E-state index is 12.7. The molecule has 1 N–H and O–H groups in total. The van der Waals surface area contributed by atoms with Gasteiger partial charge in [0.15, 0.2) is 11.4 Å². The van der Waals surface area contributed by atoms with Crippen molar-refractivity contribution in [2.45, 2.75) is 32.5 Å². The van der Waals surface area contributed by atoms with E-state index in [2.05, 4.69) is 5.10 Å². The predicted molar refractivity (Wildman–Crippen MR) is 75.7 cm³/mol. The van der Waals surface area contributed by atoms with Crippen LogP contribution < -0.4 is 4.74 Å². The van der Waals surface area contributed by atoms with Gasteiger partial charge in [-0.3, -0.25) is 0 Å². The van der Waals surface area contributed by atoms with Crippen LogP contribution in [0.4, 0.5) is 13.2 Å². The molecule has 0 aliphatic rings. The number of hydrogen-bond acceptors (Lipinski definition) is 3. The third kappa shape index (κ3) is 3.64. The van der Waals surface area contributed by atoms with Crippen molar-refractivity contribution in [1.82, 2.24) is 9.78 Å². The van der Waals surface area contributed by atoms with Crippen molar-refractivity contribution < 1.29 is 27.8 Å². The van der Waals surface area contributed by atoms with Gasteiger partial charge in [0.05, 0.1) is 17.3 Å². The van der Waals surface area contributed by atoms with Crippen molar-refractivity contribution in [3.63, 3.8) is 0 Å². The molecule has 124 valence electrons. The fourth-order valence-corrected chi connectivity index (χ4v) is 1.98. The number of hydrogen-bond donors (Lipinski definition) is 1. The monoisotopic (exact) mass is 328 g/mol. The molecular formula is C15H15F3N2O3. The number of aromatic nitrogens is 2. The van der Waals surface area contributed by atoms with Gasteiger partial charge in [-0.25, -0.2) is 9.48 Å². The van der Waals surface area contributed by atoms with Gasteiger partial charge in [-0.2, -0.15) is 18.3 Å². The van der Waals surface area contributed by atoms with Crippen LogP contribution in [0.2, 0.25) is 0 Å². The second kappa shape index (κ2) is 5.60. The van der Waals surface area contributed by atoms with Crippen molar-refractivity contribution in [1.29, 1.82) is 0 Å². The molecule has 0 bridgehead atoms. The maximum atomic E-state index is 12.7. The topological polar surface area (TPSA) is 64.4 Å². The highest BCUT2D eigenvalue weighted by Gasteiger charge is 2.31. The molecule has 5 nitrogen and oxygen atoms in total. The van der Waals surface area contributed by atoms with Gasteiger partial charge in [0.25, 0.3) is 0 Å². The number of rotatable bonds is 3. The second-order valence-corrected chi connectivity index (χ2v) is 5.87. The summed E-state index contributed by atoms with van der Waals surface area (Å²) in [7, 11) is 0. The molecule has 0 saturated heterocycles. The number of halogens is 3.